The molecule has 27 heavy (non-hydrogen) atoms. The Balaban J connectivity index is 1.69. The van der Waals surface area contributed by atoms with Crippen LogP contribution < -0.4 is 5.32 Å². The summed E-state index contributed by atoms with van der Waals surface area (Å²) >= 11 is 0. The number of benzene rings is 2. The summed E-state index contributed by atoms with van der Waals surface area (Å²) < 4.78 is 11.5. The van der Waals surface area contributed by atoms with Crippen molar-refractivity contribution in [3.63, 3.8) is 0 Å². The van der Waals surface area contributed by atoms with Crippen molar-refractivity contribution in [2.24, 2.45) is 0 Å². The van der Waals surface area contributed by atoms with E-state index in [2.05, 4.69) is 5.32 Å². The molecule has 1 heterocycles. The molecule has 0 spiro atoms. The van der Waals surface area contributed by atoms with Crippen LogP contribution in [0.2, 0.25) is 0 Å². The Morgan fingerprint density at radius 3 is 2.74 bits per heavy atom. The summed E-state index contributed by atoms with van der Waals surface area (Å²) in [5.74, 6) is 0.821. The quantitative estimate of drug-likeness (QED) is 0.708. The van der Waals surface area contributed by atoms with Gasteiger partial charge in [0.2, 0.25) is 0 Å². The molecule has 1 saturated carbocycles. The number of carbonyl (C=O) groups is 1. The minimum Gasteiger partial charge on any atom is -0.322 e. The van der Waals surface area contributed by atoms with Crippen LogP contribution in [0.15, 0.2) is 48.5 Å². The summed E-state index contributed by atoms with van der Waals surface area (Å²) in [5, 5.41) is 3.88. The number of aryl methyl sites for hydroxylation is 1. The Kier molecular flexibility index (Phi) is 4.79. The highest BCUT2D eigenvalue weighted by Crippen LogP contribution is 2.40. The molecule has 1 atom stereocenters. The first kappa shape index (κ1) is 17.9. The van der Waals surface area contributed by atoms with Crippen LogP contribution in [0.4, 0.5) is 5.69 Å². The molecule has 4 nitrogen and oxygen atoms in total. The monoisotopic (exact) mass is 378 g/mol. The van der Waals surface area contributed by atoms with Crippen molar-refractivity contribution < 1.29 is 9.00 Å². The smallest absolute Gasteiger partial charge is 0.256 e. The van der Waals surface area contributed by atoms with E-state index < -0.39 is 10.8 Å². The number of pyridine rings is 1. The zero-order valence-electron chi connectivity index (χ0n) is 15.5. The zero-order chi connectivity index (χ0) is 19.0. The van der Waals surface area contributed by atoms with Crippen molar-refractivity contribution in [1.29, 1.82) is 0 Å². The number of anilines is 1. The Morgan fingerprint density at radius 1 is 1.19 bits per heavy atom. The summed E-state index contributed by atoms with van der Waals surface area (Å²) in [6, 6.07) is 15.5. The van der Waals surface area contributed by atoms with Crippen molar-refractivity contribution in [2.45, 2.75) is 31.4 Å². The van der Waals surface area contributed by atoms with E-state index in [1.807, 2.05) is 55.5 Å². The van der Waals surface area contributed by atoms with E-state index in [0.29, 0.717) is 22.9 Å². The lowest BCUT2D eigenvalue weighted by Gasteiger charge is -2.11. The van der Waals surface area contributed by atoms with E-state index in [9.17, 15) is 9.00 Å². The molecule has 5 heteroatoms. The highest BCUT2D eigenvalue weighted by Gasteiger charge is 2.27. The van der Waals surface area contributed by atoms with Gasteiger partial charge in [0.05, 0.1) is 11.1 Å². The second-order valence-corrected chi connectivity index (χ2v) is 8.70. The topological polar surface area (TPSA) is 59.1 Å². The Hall–Kier alpha value is -2.53. The SMILES string of the molecule is Cc1ccc2nc(C3CC3)cc(C(=O)Nc3cccc(C[S@@](C)=O)c3)c2c1. The molecule has 0 aliphatic heterocycles. The van der Waals surface area contributed by atoms with Crippen LogP contribution in [0.25, 0.3) is 10.9 Å². The van der Waals surface area contributed by atoms with Gasteiger partial charge >= 0.3 is 0 Å². The molecule has 0 bridgehead atoms. The van der Waals surface area contributed by atoms with Crippen molar-refractivity contribution in [3.8, 4) is 0 Å². The molecule has 0 unspecified atom stereocenters. The Bertz CT molecular complexity index is 1060. The van der Waals surface area contributed by atoms with Crippen LogP contribution >= 0.6 is 0 Å². The predicted molar refractivity (Wildman–Crippen MR) is 111 cm³/mol. The van der Waals surface area contributed by atoms with Crippen molar-refractivity contribution in [1.82, 2.24) is 4.98 Å². The fraction of sp³-hybridized carbons (Fsp3) is 0.273. The number of nitrogens with zero attached hydrogens (tertiary/aromatic N) is 1. The third-order valence-corrected chi connectivity index (χ3v) is 5.52. The standard InChI is InChI=1S/C22H22N2O2S/c1-14-6-9-20-18(10-14)19(12-21(24-20)16-7-8-16)22(25)23-17-5-3-4-15(11-17)13-27(2)26/h3-6,9-12,16H,7-8,13H2,1-2H3,(H,23,25)/t27-/m1/s1. The maximum Gasteiger partial charge on any atom is 0.256 e. The van der Waals surface area contributed by atoms with Crippen molar-refractivity contribution >= 4 is 33.3 Å². The Morgan fingerprint density at radius 2 is 2.00 bits per heavy atom. The average Bonchev–Trinajstić information content (AvgIpc) is 3.45. The van der Waals surface area contributed by atoms with Gasteiger partial charge in [0, 0.05) is 45.5 Å². The molecule has 3 aromatic rings. The zero-order valence-corrected chi connectivity index (χ0v) is 16.3. The van der Waals surface area contributed by atoms with Gasteiger partial charge in [-0.2, -0.15) is 0 Å². The average molecular weight is 378 g/mol. The van der Waals surface area contributed by atoms with Gasteiger partial charge in [0.25, 0.3) is 5.91 Å². The van der Waals surface area contributed by atoms with Crippen LogP contribution in [-0.2, 0) is 16.6 Å². The molecule has 1 fully saturated rings. The van der Waals surface area contributed by atoms with Gasteiger partial charge in [-0.1, -0.05) is 23.8 Å². The minimum atomic E-state index is -0.917. The van der Waals surface area contributed by atoms with Gasteiger partial charge in [-0.3, -0.25) is 14.0 Å². The molecule has 1 amide bonds. The second-order valence-electron chi connectivity index (χ2n) is 7.26. The molecular weight excluding hydrogens is 356 g/mol. The fourth-order valence-corrected chi connectivity index (χ4v) is 3.96. The number of carbonyl (C=O) groups excluding carboxylic acids is 1. The minimum absolute atomic E-state index is 0.135. The number of fused-ring (bicyclic) bond motifs is 1. The van der Waals surface area contributed by atoms with E-state index in [-0.39, 0.29) is 5.91 Å². The number of rotatable bonds is 5. The van der Waals surface area contributed by atoms with Gasteiger partial charge in [-0.05, 0) is 55.7 Å². The van der Waals surface area contributed by atoms with E-state index in [1.165, 1.54) is 0 Å². The molecule has 1 aromatic heterocycles. The lowest BCUT2D eigenvalue weighted by Crippen LogP contribution is -2.13. The molecule has 138 valence electrons. The normalized spacial score (nSPS) is 14.9. The first-order valence-corrected chi connectivity index (χ1v) is 10.8. The largest absolute Gasteiger partial charge is 0.322 e. The summed E-state index contributed by atoms with van der Waals surface area (Å²) in [6.45, 7) is 2.02. The molecule has 1 N–H and O–H groups in total. The lowest BCUT2D eigenvalue weighted by atomic mass is 10.0. The maximum atomic E-state index is 13.1. The first-order chi connectivity index (χ1) is 13.0. The number of hydrogen-bond donors (Lipinski definition) is 1. The number of nitrogens with one attached hydrogen (secondary N) is 1. The lowest BCUT2D eigenvalue weighted by molar-refractivity contribution is 0.102. The fourth-order valence-electron chi connectivity index (χ4n) is 3.31. The molecule has 1 aliphatic carbocycles. The van der Waals surface area contributed by atoms with E-state index in [1.54, 1.807) is 6.26 Å². The van der Waals surface area contributed by atoms with Gasteiger partial charge in [0.1, 0.15) is 0 Å². The summed E-state index contributed by atoms with van der Waals surface area (Å²) in [6.07, 6.45) is 3.96. The molecule has 4 rings (SSSR count). The van der Waals surface area contributed by atoms with E-state index in [4.69, 9.17) is 4.98 Å². The molecular formula is C22H22N2O2S. The third kappa shape index (κ3) is 4.08. The highest BCUT2D eigenvalue weighted by atomic mass is 32.2. The first-order valence-electron chi connectivity index (χ1n) is 9.11. The molecule has 2 aromatic carbocycles. The van der Waals surface area contributed by atoms with Crippen LogP contribution in [0.1, 0.15) is 45.9 Å². The predicted octanol–water partition coefficient (Wildman–Crippen LogP) is 4.55. The summed E-state index contributed by atoms with van der Waals surface area (Å²) in [4.78, 5) is 17.8. The third-order valence-electron chi connectivity index (χ3n) is 4.78. The second kappa shape index (κ2) is 7.24. The van der Waals surface area contributed by atoms with Gasteiger partial charge < -0.3 is 5.32 Å². The van der Waals surface area contributed by atoms with Gasteiger partial charge in [0.15, 0.2) is 0 Å². The van der Waals surface area contributed by atoms with E-state index in [0.717, 1.165) is 40.6 Å². The summed E-state index contributed by atoms with van der Waals surface area (Å²) in [7, 11) is -0.917. The molecule has 0 saturated heterocycles. The molecule has 1 aliphatic rings. The van der Waals surface area contributed by atoms with E-state index >= 15 is 0 Å². The summed E-state index contributed by atoms with van der Waals surface area (Å²) in [5.41, 5.74) is 5.30. The van der Waals surface area contributed by atoms with Gasteiger partial charge in [-0.15, -0.1) is 0 Å². The number of aromatic nitrogens is 1. The van der Waals surface area contributed by atoms with Crippen molar-refractivity contribution in [2.75, 3.05) is 11.6 Å². The molecule has 0 radical (unpaired) electrons. The van der Waals surface area contributed by atoms with Crippen LogP contribution in [0, 0.1) is 6.92 Å². The number of hydrogen-bond acceptors (Lipinski definition) is 3. The number of amides is 1. The van der Waals surface area contributed by atoms with Crippen LogP contribution in [-0.4, -0.2) is 21.4 Å². The highest BCUT2D eigenvalue weighted by molar-refractivity contribution is 7.83. The van der Waals surface area contributed by atoms with Crippen LogP contribution in [0.5, 0.6) is 0 Å². The maximum absolute atomic E-state index is 13.1. The van der Waals surface area contributed by atoms with Crippen LogP contribution in [0.3, 0.4) is 0 Å². The Labute approximate surface area is 161 Å². The van der Waals surface area contributed by atoms with Crippen molar-refractivity contribution in [3.05, 3.63) is 70.9 Å². The van der Waals surface area contributed by atoms with Gasteiger partial charge in [-0.25, -0.2) is 0 Å².